The SMILES string of the molecule is Cc1ccc([C@@H](C)NC(=O)Cn2cnc3scc(-c4ccccc4)c3c2=O)cc1C. The Morgan fingerprint density at radius 3 is 2.63 bits per heavy atom. The summed E-state index contributed by atoms with van der Waals surface area (Å²) in [5, 5.41) is 5.49. The molecule has 0 saturated carbocycles. The third-order valence-corrected chi connectivity index (χ3v) is 6.25. The first kappa shape index (κ1) is 20.0. The Balaban J connectivity index is 1.58. The average Bonchev–Trinajstić information content (AvgIpc) is 3.17. The molecule has 2 aromatic carbocycles. The lowest BCUT2D eigenvalue weighted by molar-refractivity contribution is -0.122. The fourth-order valence-electron chi connectivity index (χ4n) is 3.47. The number of carbonyl (C=O) groups is 1. The summed E-state index contributed by atoms with van der Waals surface area (Å²) in [7, 11) is 0. The van der Waals surface area contributed by atoms with Gasteiger partial charge in [0.15, 0.2) is 0 Å². The van der Waals surface area contributed by atoms with E-state index in [1.807, 2.05) is 48.7 Å². The standard InChI is InChI=1S/C24H23N3O2S/c1-15-9-10-19(11-16(15)2)17(3)26-21(28)12-27-14-25-23-22(24(27)29)20(13-30-23)18-7-5-4-6-8-18/h4-11,13-14,17H,12H2,1-3H3,(H,26,28)/t17-/m1/s1. The first-order valence-electron chi connectivity index (χ1n) is 9.82. The van der Waals surface area contributed by atoms with E-state index in [2.05, 4.69) is 36.3 Å². The molecule has 4 aromatic rings. The zero-order valence-electron chi connectivity index (χ0n) is 17.2. The molecule has 0 bridgehead atoms. The molecule has 6 heteroatoms. The van der Waals surface area contributed by atoms with Gasteiger partial charge in [0.2, 0.25) is 5.91 Å². The van der Waals surface area contributed by atoms with E-state index in [1.165, 1.54) is 33.4 Å². The molecule has 0 saturated heterocycles. The number of nitrogens with zero attached hydrogens (tertiary/aromatic N) is 2. The second-order valence-corrected chi connectivity index (χ2v) is 8.36. The van der Waals surface area contributed by atoms with Gasteiger partial charge in [0, 0.05) is 10.9 Å². The van der Waals surface area contributed by atoms with Crippen LogP contribution in [0.4, 0.5) is 0 Å². The van der Waals surface area contributed by atoms with E-state index in [0.717, 1.165) is 16.7 Å². The van der Waals surface area contributed by atoms with Crippen molar-refractivity contribution in [3.63, 3.8) is 0 Å². The van der Waals surface area contributed by atoms with E-state index in [1.54, 1.807) is 0 Å². The number of benzene rings is 2. The van der Waals surface area contributed by atoms with Crippen LogP contribution in [-0.4, -0.2) is 15.5 Å². The average molecular weight is 418 g/mol. The van der Waals surface area contributed by atoms with Crippen LogP contribution in [0.3, 0.4) is 0 Å². The van der Waals surface area contributed by atoms with Gasteiger partial charge in [-0.3, -0.25) is 14.2 Å². The van der Waals surface area contributed by atoms with Crippen LogP contribution >= 0.6 is 11.3 Å². The van der Waals surface area contributed by atoms with E-state index >= 15 is 0 Å². The highest BCUT2D eigenvalue weighted by atomic mass is 32.1. The summed E-state index contributed by atoms with van der Waals surface area (Å²) in [5.41, 5.74) is 5.06. The number of rotatable bonds is 5. The normalized spacial score (nSPS) is 12.1. The molecular formula is C24H23N3O2S. The van der Waals surface area contributed by atoms with Gasteiger partial charge in [0.25, 0.3) is 5.56 Å². The van der Waals surface area contributed by atoms with Gasteiger partial charge in [-0.1, -0.05) is 48.5 Å². The summed E-state index contributed by atoms with van der Waals surface area (Å²) >= 11 is 1.44. The first-order chi connectivity index (χ1) is 14.4. The molecule has 5 nitrogen and oxygen atoms in total. The third kappa shape index (κ3) is 3.91. The molecule has 0 unspecified atom stereocenters. The predicted octanol–water partition coefficient (Wildman–Crippen LogP) is 4.62. The van der Waals surface area contributed by atoms with Gasteiger partial charge in [-0.2, -0.15) is 0 Å². The fourth-order valence-corrected chi connectivity index (χ4v) is 4.38. The molecular weight excluding hydrogens is 394 g/mol. The van der Waals surface area contributed by atoms with Gasteiger partial charge < -0.3 is 5.32 Å². The third-order valence-electron chi connectivity index (χ3n) is 5.37. The van der Waals surface area contributed by atoms with Crippen LogP contribution in [0.1, 0.15) is 29.7 Å². The van der Waals surface area contributed by atoms with E-state index in [9.17, 15) is 9.59 Å². The summed E-state index contributed by atoms with van der Waals surface area (Å²) in [4.78, 5) is 30.8. The van der Waals surface area contributed by atoms with Gasteiger partial charge in [-0.25, -0.2) is 4.98 Å². The van der Waals surface area contributed by atoms with Crippen LogP contribution in [0.5, 0.6) is 0 Å². The van der Waals surface area contributed by atoms with Gasteiger partial charge in [0.05, 0.1) is 17.8 Å². The van der Waals surface area contributed by atoms with Gasteiger partial charge >= 0.3 is 0 Å². The summed E-state index contributed by atoms with van der Waals surface area (Å²) in [5.74, 6) is -0.222. The second kappa shape index (κ2) is 8.24. The summed E-state index contributed by atoms with van der Waals surface area (Å²) in [6.45, 7) is 5.99. The number of thiophene rings is 1. The minimum atomic E-state index is -0.222. The van der Waals surface area contributed by atoms with Gasteiger partial charge in [0.1, 0.15) is 11.4 Å². The minimum Gasteiger partial charge on any atom is -0.348 e. The maximum absolute atomic E-state index is 13.1. The maximum atomic E-state index is 13.1. The Hall–Kier alpha value is -3.25. The van der Waals surface area contributed by atoms with Crippen molar-refractivity contribution in [1.29, 1.82) is 0 Å². The molecule has 30 heavy (non-hydrogen) atoms. The molecule has 2 aromatic heterocycles. The van der Waals surface area contributed by atoms with Crippen molar-refractivity contribution in [2.45, 2.75) is 33.4 Å². The Morgan fingerprint density at radius 1 is 1.13 bits per heavy atom. The zero-order chi connectivity index (χ0) is 21.3. The number of hydrogen-bond donors (Lipinski definition) is 1. The van der Waals surface area contributed by atoms with Crippen LogP contribution in [-0.2, 0) is 11.3 Å². The molecule has 1 amide bonds. The molecule has 1 atom stereocenters. The molecule has 0 fully saturated rings. The van der Waals surface area contributed by atoms with E-state index in [-0.39, 0.29) is 24.1 Å². The quantitative estimate of drug-likeness (QED) is 0.515. The molecule has 1 N–H and O–H groups in total. The van der Waals surface area contributed by atoms with Crippen LogP contribution in [0.25, 0.3) is 21.3 Å². The monoisotopic (exact) mass is 417 g/mol. The van der Waals surface area contributed by atoms with E-state index < -0.39 is 0 Å². The lowest BCUT2D eigenvalue weighted by Gasteiger charge is -2.16. The zero-order valence-corrected chi connectivity index (χ0v) is 18.0. The highest BCUT2D eigenvalue weighted by molar-refractivity contribution is 7.17. The van der Waals surface area contributed by atoms with E-state index in [4.69, 9.17) is 0 Å². The van der Waals surface area contributed by atoms with Crippen LogP contribution in [0, 0.1) is 13.8 Å². The lowest BCUT2D eigenvalue weighted by atomic mass is 10.0. The van der Waals surface area contributed by atoms with Gasteiger partial charge in [-0.15, -0.1) is 11.3 Å². The number of aryl methyl sites for hydroxylation is 2. The highest BCUT2D eigenvalue weighted by Crippen LogP contribution is 2.30. The molecule has 2 heterocycles. The number of nitrogens with one attached hydrogen (secondary N) is 1. The first-order valence-corrected chi connectivity index (χ1v) is 10.7. The van der Waals surface area contributed by atoms with Crippen molar-refractivity contribution in [3.8, 4) is 11.1 Å². The topological polar surface area (TPSA) is 64.0 Å². The Morgan fingerprint density at radius 2 is 1.90 bits per heavy atom. The molecule has 4 rings (SSSR count). The fraction of sp³-hybridized carbons (Fsp3) is 0.208. The Labute approximate surface area is 179 Å². The van der Waals surface area contributed by atoms with Crippen molar-refractivity contribution in [2.24, 2.45) is 0 Å². The molecule has 0 aliphatic heterocycles. The number of carbonyl (C=O) groups excluding carboxylic acids is 1. The van der Waals surface area contributed by atoms with E-state index in [0.29, 0.717) is 10.2 Å². The second-order valence-electron chi connectivity index (χ2n) is 7.51. The molecule has 0 radical (unpaired) electrons. The number of amides is 1. The largest absolute Gasteiger partial charge is 0.348 e. The minimum absolute atomic E-state index is 0.0684. The maximum Gasteiger partial charge on any atom is 0.263 e. The Kier molecular flexibility index (Phi) is 5.50. The van der Waals surface area contributed by atoms with Crippen molar-refractivity contribution in [1.82, 2.24) is 14.9 Å². The lowest BCUT2D eigenvalue weighted by Crippen LogP contribution is -2.34. The van der Waals surface area contributed by atoms with Crippen LogP contribution < -0.4 is 10.9 Å². The summed E-state index contributed by atoms with van der Waals surface area (Å²) in [6.07, 6.45) is 1.45. The number of hydrogen-bond acceptors (Lipinski definition) is 4. The summed E-state index contributed by atoms with van der Waals surface area (Å²) < 4.78 is 1.38. The van der Waals surface area contributed by atoms with Crippen LogP contribution in [0.2, 0.25) is 0 Å². The van der Waals surface area contributed by atoms with Crippen molar-refractivity contribution >= 4 is 27.5 Å². The van der Waals surface area contributed by atoms with Crippen molar-refractivity contribution < 1.29 is 4.79 Å². The Bertz CT molecular complexity index is 1270. The highest BCUT2D eigenvalue weighted by Gasteiger charge is 2.16. The number of fused-ring (bicyclic) bond motifs is 1. The number of aromatic nitrogens is 2. The van der Waals surface area contributed by atoms with Crippen molar-refractivity contribution in [3.05, 3.63) is 87.3 Å². The summed E-state index contributed by atoms with van der Waals surface area (Å²) in [6, 6.07) is 15.8. The molecule has 0 aliphatic carbocycles. The predicted molar refractivity (Wildman–Crippen MR) is 122 cm³/mol. The van der Waals surface area contributed by atoms with Crippen molar-refractivity contribution in [2.75, 3.05) is 0 Å². The molecule has 0 spiro atoms. The van der Waals surface area contributed by atoms with Gasteiger partial charge in [-0.05, 0) is 43.0 Å². The molecule has 152 valence electrons. The van der Waals surface area contributed by atoms with Crippen LogP contribution in [0.15, 0.2) is 65.0 Å². The smallest absolute Gasteiger partial charge is 0.263 e. The molecule has 0 aliphatic rings.